The number of carbonyl (C=O) groups excluding carboxylic acids is 1. The number of hydrogen-bond acceptors (Lipinski definition) is 2. The molecule has 2 rings (SSSR count). The topological polar surface area (TPSA) is 40.9 Å². The van der Waals surface area contributed by atoms with Crippen molar-refractivity contribution in [3.05, 3.63) is 71.3 Å². The summed E-state index contributed by atoms with van der Waals surface area (Å²) in [4.78, 5) is 12.0. The molecule has 0 amide bonds. The zero-order chi connectivity index (χ0) is 13.0. The molecular formula is C16H15NO. The second-order valence-electron chi connectivity index (χ2n) is 4.34. The highest BCUT2D eigenvalue weighted by Crippen LogP contribution is 2.08. The summed E-state index contributed by atoms with van der Waals surface area (Å²) in [7, 11) is 0. The first-order chi connectivity index (χ1) is 8.66. The van der Waals surface area contributed by atoms with E-state index in [4.69, 9.17) is 5.41 Å². The van der Waals surface area contributed by atoms with Crippen LogP contribution in [0.5, 0.6) is 0 Å². The van der Waals surface area contributed by atoms with Gasteiger partial charge in [0.2, 0.25) is 5.78 Å². The third-order valence-corrected chi connectivity index (χ3v) is 2.77. The molecule has 0 atom stereocenters. The maximum absolute atomic E-state index is 12.0. The molecule has 0 unspecified atom stereocenters. The van der Waals surface area contributed by atoms with Crippen LogP contribution >= 0.6 is 0 Å². The lowest BCUT2D eigenvalue weighted by Crippen LogP contribution is -2.15. The van der Waals surface area contributed by atoms with E-state index in [1.165, 1.54) is 0 Å². The van der Waals surface area contributed by atoms with Crippen LogP contribution in [0.3, 0.4) is 0 Å². The number of rotatable bonds is 4. The number of ketones is 1. The van der Waals surface area contributed by atoms with Crippen molar-refractivity contribution < 1.29 is 4.79 Å². The molecule has 0 aliphatic rings. The Labute approximate surface area is 107 Å². The van der Waals surface area contributed by atoms with Gasteiger partial charge in [0.1, 0.15) is 0 Å². The lowest BCUT2D eigenvalue weighted by molar-refractivity contribution is 0.106. The molecule has 90 valence electrons. The maximum Gasteiger partial charge on any atom is 0.206 e. The molecule has 1 N–H and O–H groups in total. The minimum absolute atomic E-state index is 0.131. The van der Waals surface area contributed by atoms with E-state index in [1.54, 1.807) is 12.1 Å². The monoisotopic (exact) mass is 237 g/mol. The Hall–Kier alpha value is -2.22. The molecule has 0 bridgehead atoms. The van der Waals surface area contributed by atoms with Gasteiger partial charge >= 0.3 is 0 Å². The van der Waals surface area contributed by atoms with Crippen molar-refractivity contribution >= 4 is 11.5 Å². The van der Waals surface area contributed by atoms with E-state index in [1.807, 2.05) is 49.4 Å². The maximum atomic E-state index is 12.0. The van der Waals surface area contributed by atoms with Gasteiger partial charge in [-0.25, -0.2) is 0 Å². The molecule has 0 spiro atoms. The van der Waals surface area contributed by atoms with E-state index in [0.717, 1.165) is 11.1 Å². The van der Waals surface area contributed by atoms with E-state index in [0.29, 0.717) is 12.0 Å². The van der Waals surface area contributed by atoms with Gasteiger partial charge in [-0.3, -0.25) is 4.79 Å². The van der Waals surface area contributed by atoms with Gasteiger partial charge in [0.05, 0.1) is 5.71 Å². The number of aryl methyl sites for hydroxylation is 1. The molecule has 0 saturated heterocycles. The van der Waals surface area contributed by atoms with Gasteiger partial charge in [-0.2, -0.15) is 0 Å². The number of nitrogens with one attached hydrogen (secondary N) is 1. The molecule has 2 heteroatoms. The second kappa shape index (κ2) is 5.41. The lowest BCUT2D eigenvalue weighted by Gasteiger charge is -2.04. The molecule has 0 radical (unpaired) electrons. The first kappa shape index (κ1) is 12.2. The van der Waals surface area contributed by atoms with Crippen molar-refractivity contribution in [2.45, 2.75) is 13.3 Å². The lowest BCUT2D eigenvalue weighted by atomic mass is 10.00. The Morgan fingerprint density at radius 3 is 2.44 bits per heavy atom. The highest BCUT2D eigenvalue weighted by Gasteiger charge is 2.12. The average molecular weight is 237 g/mol. The molecule has 0 heterocycles. The zero-order valence-corrected chi connectivity index (χ0v) is 10.3. The van der Waals surface area contributed by atoms with Crippen LogP contribution in [0.4, 0.5) is 0 Å². The van der Waals surface area contributed by atoms with Crippen molar-refractivity contribution in [3.63, 3.8) is 0 Å². The van der Waals surface area contributed by atoms with Gasteiger partial charge < -0.3 is 5.41 Å². The Kier molecular flexibility index (Phi) is 3.68. The summed E-state index contributed by atoms with van der Waals surface area (Å²) in [5, 5.41) is 7.89. The van der Waals surface area contributed by atoms with Gasteiger partial charge in [0, 0.05) is 12.0 Å². The van der Waals surface area contributed by atoms with Crippen molar-refractivity contribution in [3.8, 4) is 0 Å². The molecule has 2 nitrogen and oxygen atoms in total. The van der Waals surface area contributed by atoms with Crippen LogP contribution in [-0.4, -0.2) is 11.5 Å². The summed E-state index contributed by atoms with van der Waals surface area (Å²) in [5.74, 6) is -0.197. The summed E-state index contributed by atoms with van der Waals surface area (Å²) >= 11 is 0. The van der Waals surface area contributed by atoms with E-state index in [-0.39, 0.29) is 11.5 Å². The summed E-state index contributed by atoms with van der Waals surface area (Å²) in [6.45, 7) is 2.01. The quantitative estimate of drug-likeness (QED) is 0.642. The molecule has 2 aromatic carbocycles. The number of benzene rings is 2. The number of carbonyl (C=O) groups is 1. The molecule has 0 aromatic heterocycles. The standard InChI is InChI=1S/C16H15NO/c1-12-6-5-7-13(10-12)11-15(17)16(18)14-8-3-2-4-9-14/h2-10,17H,11H2,1H3. The van der Waals surface area contributed by atoms with Crippen molar-refractivity contribution in [1.82, 2.24) is 0 Å². The fraction of sp³-hybridized carbons (Fsp3) is 0.125. The number of hydrogen-bond donors (Lipinski definition) is 1. The molecule has 0 aliphatic carbocycles. The Balaban J connectivity index is 2.11. The minimum Gasteiger partial charge on any atom is -0.301 e. The van der Waals surface area contributed by atoms with Gasteiger partial charge in [-0.1, -0.05) is 60.2 Å². The van der Waals surface area contributed by atoms with Crippen LogP contribution in [0.2, 0.25) is 0 Å². The smallest absolute Gasteiger partial charge is 0.206 e. The summed E-state index contributed by atoms with van der Waals surface area (Å²) < 4.78 is 0. The van der Waals surface area contributed by atoms with Gasteiger partial charge in [-0.15, -0.1) is 0 Å². The molecule has 18 heavy (non-hydrogen) atoms. The van der Waals surface area contributed by atoms with Gasteiger partial charge in [0.25, 0.3) is 0 Å². The van der Waals surface area contributed by atoms with E-state index in [9.17, 15) is 4.79 Å². The zero-order valence-electron chi connectivity index (χ0n) is 10.3. The van der Waals surface area contributed by atoms with E-state index in [2.05, 4.69) is 0 Å². The van der Waals surface area contributed by atoms with Crippen LogP contribution in [-0.2, 0) is 6.42 Å². The molecular weight excluding hydrogens is 222 g/mol. The van der Waals surface area contributed by atoms with Crippen LogP contribution in [0.1, 0.15) is 21.5 Å². The predicted molar refractivity (Wildman–Crippen MR) is 73.4 cm³/mol. The summed E-state index contributed by atoms with van der Waals surface area (Å²) in [5.41, 5.74) is 2.86. The Bertz CT molecular complexity index is 573. The third kappa shape index (κ3) is 2.92. The summed E-state index contributed by atoms with van der Waals surface area (Å²) in [6.07, 6.45) is 0.384. The van der Waals surface area contributed by atoms with E-state index >= 15 is 0 Å². The third-order valence-electron chi connectivity index (χ3n) is 2.77. The average Bonchev–Trinajstić information content (AvgIpc) is 2.39. The van der Waals surface area contributed by atoms with Crippen molar-refractivity contribution in [1.29, 1.82) is 5.41 Å². The van der Waals surface area contributed by atoms with Crippen LogP contribution in [0, 0.1) is 12.3 Å². The van der Waals surface area contributed by atoms with Gasteiger partial charge in [-0.05, 0) is 12.5 Å². The van der Waals surface area contributed by atoms with E-state index < -0.39 is 0 Å². The molecule has 0 aliphatic heterocycles. The summed E-state index contributed by atoms with van der Waals surface area (Å²) in [6, 6.07) is 16.9. The largest absolute Gasteiger partial charge is 0.301 e. The van der Waals surface area contributed by atoms with Gasteiger partial charge in [0.15, 0.2) is 0 Å². The fourth-order valence-corrected chi connectivity index (χ4v) is 1.87. The SMILES string of the molecule is Cc1cccc(CC(=N)C(=O)c2ccccc2)c1. The second-order valence-corrected chi connectivity index (χ2v) is 4.34. The van der Waals surface area contributed by atoms with Crippen LogP contribution < -0.4 is 0 Å². The highest BCUT2D eigenvalue weighted by molar-refractivity contribution is 6.45. The van der Waals surface area contributed by atoms with Crippen LogP contribution in [0.15, 0.2) is 54.6 Å². The van der Waals surface area contributed by atoms with Crippen LogP contribution in [0.25, 0.3) is 0 Å². The van der Waals surface area contributed by atoms with Crippen molar-refractivity contribution in [2.75, 3.05) is 0 Å². The molecule has 2 aromatic rings. The van der Waals surface area contributed by atoms with Crippen molar-refractivity contribution in [2.24, 2.45) is 0 Å². The molecule has 0 saturated carbocycles. The highest BCUT2D eigenvalue weighted by atomic mass is 16.1. The first-order valence-electron chi connectivity index (χ1n) is 5.89. The predicted octanol–water partition coefficient (Wildman–Crippen LogP) is 3.44. The Morgan fingerprint density at radius 2 is 1.78 bits per heavy atom. The molecule has 0 fully saturated rings. The Morgan fingerprint density at radius 1 is 1.06 bits per heavy atom. The number of Topliss-reactive ketones (excluding diaryl/α,β-unsaturated/α-hetero) is 1. The normalized spacial score (nSPS) is 10.1. The minimum atomic E-state index is -0.197. The fourth-order valence-electron chi connectivity index (χ4n) is 1.87. The first-order valence-corrected chi connectivity index (χ1v) is 5.89.